The highest BCUT2D eigenvalue weighted by molar-refractivity contribution is 5.98. The average molecular weight is 231 g/mol. The molecule has 0 aliphatic rings. The molecule has 90 valence electrons. The van der Waals surface area contributed by atoms with E-state index in [2.05, 4.69) is 11.9 Å². The Hall–Kier alpha value is -1.77. The van der Waals surface area contributed by atoms with Crippen molar-refractivity contribution in [2.24, 2.45) is 0 Å². The number of carboxylic acid groups (broad SMARTS) is 1. The van der Waals surface area contributed by atoms with E-state index in [4.69, 9.17) is 0 Å². The number of aromatic amines is 1. The first kappa shape index (κ1) is 11.7. The van der Waals surface area contributed by atoms with Crippen LogP contribution < -0.4 is 0 Å². The second-order valence-electron chi connectivity index (χ2n) is 4.57. The number of nitrogens with one attached hydrogen (secondary N) is 1. The van der Waals surface area contributed by atoms with E-state index in [1.807, 2.05) is 32.0 Å². The van der Waals surface area contributed by atoms with Gasteiger partial charge in [0, 0.05) is 10.9 Å². The zero-order valence-electron chi connectivity index (χ0n) is 10.4. The summed E-state index contributed by atoms with van der Waals surface area (Å²) in [6.07, 6.45) is 0.897. The first-order chi connectivity index (χ1) is 8.06. The lowest BCUT2D eigenvalue weighted by Crippen LogP contribution is -2.02. The van der Waals surface area contributed by atoms with Crippen molar-refractivity contribution >= 4 is 16.9 Å². The maximum atomic E-state index is 11.3. The number of fused-ring (bicyclic) bond motifs is 1. The Balaban J connectivity index is 2.83. The van der Waals surface area contributed by atoms with Crippen LogP contribution in [0.25, 0.3) is 10.9 Å². The van der Waals surface area contributed by atoms with Crippen LogP contribution in [0.2, 0.25) is 0 Å². The standard InChI is InChI=1S/C14H17NO2/c1-4-9-6-5-7-10-11(8(2)3)13(14(16)17)15-12(9)10/h5-8,15H,4H2,1-3H3,(H,16,17). The molecule has 2 N–H and O–H groups in total. The highest BCUT2D eigenvalue weighted by Gasteiger charge is 2.20. The second-order valence-corrected chi connectivity index (χ2v) is 4.57. The fourth-order valence-electron chi connectivity index (χ4n) is 2.36. The van der Waals surface area contributed by atoms with Crippen LogP contribution in [-0.4, -0.2) is 16.1 Å². The van der Waals surface area contributed by atoms with Crippen LogP contribution in [0.1, 0.15) is 48.3 Å². The van der Waals surface area contributed by atoms with Gasteiger partial charge in [0.05, 0.1) is 0 Å². The number of H-pyrrole nitrogens is 1. The topological polar surface area (TPSA) is 53.1 Å². The summed E-state index contributed by atoms with van der Waals surface area (Å²) in [6.45, 7) is 6.12. The van der Waals surface area contributed by atoms with Crippen molar-refractivity contribution in [1.29, 1.82) is 0 Å². The molecule has 0 aliphatic carbocycles. The Morgan fingerprint density at radius 2 is 2.12 bits per heavy atom. The number of para-hydroxylation sites is 1. The summed E-state index contributed by atoms with van der Waals surface area (Å²) in [6, 6.07) is 6.02. The molecule has 0 spiro atoms. The molecule has 0 amide bonds. The Labute approximate surface area is 100 Å². The van der Waals surface area contributed by atoms with Gasteiger partial charge in [-0.3, -0.25) is 0 Å². The summed E-state index contributed by atoms with van der Waals surface area (Å²) in [5.74, 6) is -0.686. The SMILES string of the molecule is CCc1cccc2c(C(C)C)c(C(=O)O)[nH]c12. The highest BCUT2D eigenvalue weighted by atomic mass is 16.4. The van der Waals surface area contributed by atoms with Crippen molar-refractivity contribution in [1.82, 2.24) is 4.98 Å². The molecule has 17 heavy (non-hydrogen) atoms. The van der Waals surface area contributed by atoms with Gasteiger partial charge in [-0.05, 0) is 23.5 Å². The van der Waals surface area contributed by atoms with Crippen LogP contribution in [0.4, 0.5) is 0 Å². The van der Waals surface area contributed by atoms with Crippen LogP contribution in [-0.2, 0) is 6.42 Å². The van der Waals surface area contributed by atoms with Gasteiger partial charge in [-0.2, -0.15) is 0 Å². The molecule has 3 nitrogen and oxygen atoms in total. The summed E-state index contributed by atoms with van der Waals surface area (Å²) in [5.41, 5.74) is 3.37. The van der Waals surface area contributed by atoms with Crippen molar-refractivity contribution in [2.45, 2.75) is 33.1 Å². The van der Waals surface area contributed by atoms with Crippen LogP contribution in [0.3, 0.4) is 0 Å². The number of aromatic nitrogens is 1. The number of aryl methyl sites for hydroxylation is 1. The van der Waals surface area contributed by atoms with Crippen LogP contribution in [0.15, 0.2) is 18.2 Å². The largest absolute Gasteiger partial charge is 0.477 e. The van der Waals surface area contributed by atoms with E-state index in [0.717, 1.165) is 28.5 Å². The minimum Gasteiger partial charge on any atom is -0.477 e. The average Bonchev–Trinajstić information content (AvgIpc) is 2.67. The zero-order chi connectivity index (χ0) is 12.6. The molecule has 0 saturated heterocycles. The van der Waals surface area contributed by atoms with Gasteiger partial charge in [0.1, 0.15) is 5.69 Å². The molecule has 1 heterocycles. The van der Waals surface area contributed by atoms with Gasteiger partial charge in [-0.1, -0.05) is 39.0 Å². The Morgan fingerprint density at radius 3 is 2.65 bits per heavy atom. The molecule has 0 fully saturated rings. The molecule has 0 saturated carbocycles. The number of carboxylic acids is 1. The van der Waals surface area contributed by atoms with E-state index in [9.17, 15) is 9.90 Å². The van der Waals surface area contributed by atoms with E-state index >= 15 is 0 Å². The van der Waals surface area contributed by atoms with Crippen molar-refractivity contribution in [3.05, 3.63) is 35.0 Å². The Kier molecular flexibility index (Phi) is 2.92. The quantitative estimate of drug-likeness (QED) is 0.848. The first-order valence-corrected chi connectivity index (χ1v) is 5.93. The summed E-state index contributed by atoms with van der Waals surface area (Å²) in [5, 5.41) is 10.3. The third kappa shape index (κ3) is 1.82. The first-order valence-electron chi connectivity index (χ1n) is 5.93. The fourth-order valence-corrected chi connectivity index (χ4v) is 2.36. The third-order valence-corrected chi connectivity index (χ3v) is 3.13. The molecule has 1 aromatic heterocycles. The van der Waals surface area contributed by atoms with Gasteiger partial charge < -0.3 is 10.1 Å². The lowest BCUT2D eigenvalue weighted by molar-refractivity contribution is 0.0690. The van der Waals surface area contributed by atoms with Gasteiger partial charge in [0.15, 0.2) is 0 Å². The molecule has 0 unspecified atom stereocenters. The monoisotopic (exact) mass is 231 g/mol. The minimum absolute atomic E-state index is 0.196. The molecular formula is C14H17NO2. The zero-order valence-corrected chi connectivity index (χ0v) is 10.4. The van der Waals surface area contributed by atoms with Crippen LogP contribution in [0, 0.1) is 0 Å². The fraction of sp³-hybridized carbons (Fsp3) is 0.357. The highest BCUT2D eigenvalue weighted by Crippen LogP contribution is 2.31. The maximum Gasteiger partial charge on any atom is 0.352 e. The summed E-state index contributed by atoms with van der Waals surface area (Å²) in [4.78, 5) is 14.3. The van der Waals surface area contributed by atoms with Gasteiger partial charge in [-0.25, -0.2) is 4.79 Å². The van der Waals surface area contributed by atoms with Gasteiger partial charge in [0.25, 0.3) is 0 Å². The Morgan fingerprint density at radius 1 is 1.41 bits per heavy atom. The molecule has 0 aliphatic heterocycles. The molecule has 2 aromatic rings. The number of hydrogen-bond acceptors (Lipinski definition) is 1. The second kappa shape index (κ2) is 4.24. The third-order valence-electron chi connectivity index (χ3n) is 3.13. The van der Waals surface area contributed by atoms with Crippen LogP contribution in [0.5, 0.6) is 0 Å². The summed E-state index contributed by atoms with van der Waals surface area (Å²) < 4.78 is 0. The van der Waals surface area contributed by atoms with E-state index in [0.29, 0.717) is 5.69 Å². The molecule has 1 aromatic carbocycles. The van der Waals surface area contributed by atoms with Gasteiger partial charge in [0.2, 0.25) is 0 Å². The van der Waals surface area contributed by atoms with Crippen molar-refractivity contribution < 1.29 is 9.90 Å². The van der Waals surface area contributed by atoms with E-state index in [1.54, 1.807) is 0 Å². The van der Waals surface area contributed by atoms with Crippen LogP contribution >= 0.6 is 0 Å². The molecule has 3 heteroatoms. The minimum atomic E-state index is -0.882. The molecule has 0 atom stereocenters. The number of benzene rings is 1. The smallest absolute Gasteiger partial charge is 0.352 e. The van der Waals surface area contributed by atoms with Crippen molar-refractivity contribution in [3.63, 3.8) is 0 Å². The van der Waals surface area contributed by atoms with E-state index in [1.165, 1.54) is 0 Å². The van der Waals surface area contributed by atoms with Crippen molar-refractivity contribution in [2.75, 3.05) is 0 Å². The Bertz CT molecular complexity index is 567. The van der Waals surface area contributed by atoms with Crippen molar-refractivity contribution in [3.8, 4) is 0 Å². The molecule has 0 bridgehead atoms. The molecule has 0 radical (unpaired) electrons. The number of carbonyl (C=O) groups is 1. The van der Waals surface area contributed by atoms with Gasteiger partial charge in [-0.15, -0.1) is 0 Å². The summed E-state index contributed by atoms with van der Waals surface area (Å²) in [7, 11) is 0. The van der Waals surface area contributed by atoms with E-state index in [-0.39, 0.29) is 5.92 Å². The predicted molar refractivity (Wildman–Crippen MR) is 68.7 cm³/mol. The number of rotatable bonds is 3. The lowest BCUT2D eigenvalue weighted by Gasteiger charge is -2.05. The predicted octanol–water partition coefficient (Wildman–Crippen LogP) is 3.55. The molecular weight excluding hydrogens is 214 g/mol. The summed E-state index contributed by atoms with van der Waals surface area (Å²) >= 11 is 0. The number of aromatic carboxylic acids is 1. The normalized spacial score (nSPS) is 11.3. The molecule has 2 rings (SSSR count). The lowest BCUT2D eigenvalue weighted by atomic mass is 9.98. The van der Waals surface area contributed by atoms with E-state index < -0.39 is 5.97 Å². The van der Waals surface area contributed by atoms with Gasteiger partial charge >= 0.3 is 5.97 Å². The number of hydrogen-bond donors (Lipinski definition) is 2. The maximum absolute atomic E-state index is 11.3.